The van der Waals surface area contributed by atoms with Crippen LogP contribution < -0.4 is 0 Å². The number of hydrogen-bond donors (Lipinski definition) is 1. The highest BCUT2D eigenvalue weighted by molar-refractivity contribution is 5.69. The number of aromatic nitrogens is 2. The Hall–Kier alpha value is -1.36. The number of hydrogen-bond acceptors (Lipinski definition) is 3. The molecule has 0 amide bonds. The highest BCUT2D eigenvalue weighted by Gasteiger charge is 2.26. The molecule has 1 aromatic rings. The van der Waals surface area contributed by atoms with Crippen LogP contribution in [0.4, 0.5) is 0 Å². The summed E-state index contributed by atoms with van der Waals surface area (Å²) in [5.41, 5.74) is 1.12. The van der Waals surface area contributed by atoms with E-state index in [1.54, 1.807) is 0 Å². The first kappa shape index (κ1) is 13.1. The fraction of sp³-hybridized carbons (Fsp3) is 0.692. The SMILES string of the molecule is CCC(C)N(CC(=O)O)Cc1cncn1C1CC1. The lowest BCUT2D eigenvalue weighted by molar-refractivity contribution is -0.139. The molecule has 5 heteroatoms. The van der Waals surface area contributed by atoms with Gasteiger partial charge in [-0.15, -0.1) is 0 Å². The molecule has 0 radical (unpaired) electrons. The Balaban J connectivity index is 2.06. The van der Waals surface area contributed by atoms with Crippen molar-refractivity contribution in [2.24, 2.45) is 0 Å². The second-order valence-corrected chi connectivity index (χ2v) is 5.08. The zero-order chi connectivity index (χ0) is 13.1. The molecule has 5 nitrogen and oxygen atoms in total. The van der Waals surface area contributed by atoms with Crippen molar-refractivity contribution in [2.45, 2.75) is 51.7 Å². The average molecular weight is 251 g/mol. The number of rotatable bonds is 7. The van der Waals surface area contributed by atoms with Crippen LogP contribution >= 0.6 is 0 Å². The lowest BCUT2D eigenvalue weighted by Crippen LogP contribution is -2.37. The maximum absolute atomic E-state index is 10.9. The van der Waals surface area contributed by atoms with Gasteiger partial charge >= 0.3 is 5.97 Å². The lowest BCUT2D eigenvalue weighted by atomic mass is 10.2. The van der Waals surface area contributed by atoms with Gasteiger partial charge in [-0.25, -0.2) is 4.98 Å². The van der Waals surface area contributed by atoms with Crippen LogP contribution in [-0.2, 0) is 11.3 Å². The van der Waals surface area contributed by atoms with Gasteiger partial charge in [-0.3, -0.25) is 9.69 Å². The summed E-state index contributed by atoms with van der Waals surface area (Å²) in [5.74, 6) is -0.771. The van der Waals surface area contributed by atoms with Crippen LogP contribution in [-0.4, -0.2) is 38.1 Å². The van der Waals surface area contributed by atoms with Crippen LogP contribution in [0.15, 0.2) is 12.5 Å². The first-order valence-electron chi connectivity index (χ1n) is 6.58. The van der Waals surface area contributed by atoms with Crippen molar-refractivity contribution in [1.82, 2.24) is 14.5 Å². The van der Waals surface area contributed by atoms with E-state index in [9.17, 15) is 4.79 Å². The van der Waals surface area contributed by atoms with E-state index in [-0.39, 0.29) is 12.6 Å². The smallest absolute Gasteiger partial charge is 0.317 e. The number of imidazole rings is 1. The summed E-state index contributed by atoms with van der Waals surface area (Å²) in [6.45, 7) is 4.90. The second kappa shape index (κ2) is 5.52. The van der Waals surface area contributed by atoms with E-state index >= 15 is 0 Å². The highest BCUT2D eigenvalue weighted by atomic mass is 16.4. The Bertz CT molecular complexity index is 412. The monoisotopic (exact) mass is 251 g/mol. The fourth-order valence-corrected chi connectivity index (χ4v) is 2.14. The second-order valence-electron chi connectivity index (χ2n) is 5.08. The Labute approximate surface area is 107 Å². The molecule has 0 spiro atoms. The fourth-order valence-electron chi connectivity index (χ4n) is 2.14. The van der Waals surface area contributed by atoms with Gasteiger partial charge in [0, 0.05) is 24.8 Å². The molecule has 1 aliphatic rings. The van der Waals surface area contributed by atoms with Crippen molar-refractivity contribution in [3.63, 3.8) is 0 Å². The van der Waals surface area contributed by atoms with E-state index in [4.69, 9.17) is 5.11 Å². The maximum Gasteiger partial charge on any atom is 0.317 e. The van der Waals surface area contributed by atoms with Gasteiger partial charge < -0.3 is 9.67 Å². The molecule has 100 valence electrons. The van der Waals surface area contributed by atoms with Gasteiger partial charge in [0.15, 0.2) is 0 Å². The third-order valence-corrected chi connectivity index (χ3v) is 3.60. The van der Waals surface area contributed by atoms with Crippen molar-refractivity contribution in [3.05, 3.63) is 18.2 Å². The van der Waals surface area contributed by atoms with Gasteiger partial charge in [0.05, 0.1) is 18.6 Å². The molecule has 1 atom stereocenters. The molecule has 0 aromatic carbocycles. The number of carbonyl (C=O) groups is 1. The summed E-state index contributed by atoms with van der Waals surface area (Å²) < 4.78 is 2.19. The lowest BCUT2D eigenvalue weighted by Gasteiger charge is -2.26. The van der Waals surface area contributed by atoms with Crippen LogP contribution in [0.5, 0.6) is 0 Å². The topological polar surface area (TPSA) is 58.4 Å². The zero-order valence-electron chi connectivity index (χ0n) is 11.0. The standard InChI is InChI=1S/C13H21N3O2/c1-3-10(2)15(8-13(17)18)7-12-6-14-9-16(12)11-4-5-11/h6,9-11H,3-5,7-8H2,1-2H3,(H,17,18). The van der Waals surface area contributed by atoms with Crippen LogP contribution in [0.3, 0.4) is 0 Å². The molecule has 0 bridgehead atoms. The largest absolute Gasteiger partial charge is 0.480 e. The maximum atomic E-state index is 10.9. The molecule has 1 N–H and O–H groups in total. The number of carboxylic acids is 1. The minimum atomic E-state index is -0.771. The van der Waals surface area contributed by atoms with Crippen LogP contribution in [0.25, 0.3) is 0 Å². The number of nitrogens with zero attached hydrogens (tertiary/aromatic N) is 3. The minimum Gasteiger partial charge on any atom is -0.480 e. The first-order chi connectivity index (χ1) is 8.61. The molecule has 0 saturated heterocycles. The number of carboxylic acid groups (broad SMARTS) is 1. The molecular weight excluding hydrogens is 230 g/mol. The van der Waals surface area contributed by atoms with Crippen molar-refractivity contribution < 1.29 is 9.90 Å². The first-order valence-corrected chi connectivity index (χ1v) is 6.58. The van der Waals surface area contributed by atoms with Crippen LogP contribution in [0.2, 0.25) is 0 Å². The average Bonchev–Trinajstić information content (AvgIpc) is 3.08. The van der Waals surface area contributed by atoms with Crippen molar-refractivity contribution in [2.75, 3.05) is 6.54 Å². The van der Waals surface area contributed by atoms with E-state index in [1.807, 2.05) is 17.4 Å². The van der Waals surface area contributed by atoms with Crippen molar-refractivity contribution >= 4 is 5.97 Å². The molecule has 2 rings (SSSR count). The molecule has 1 aliphatic carbocycles. The summed E-state index contributed by atoms with van der Waals surface area (Å²) in [5, 5.41) is 8.98. The molecule has 1 heterocycles. The zero-order valence-corrected chi connectivity index (χ0v) is 11.0. The molecular formula is C13H21N3O2. The molecule has 18 heavy (non-hydrogen) atoms. The van der Waals surface area contributed by atoms with Gasteiger partial charge in [-0.2, -0.15) is 0 Å². The Morgan fingerprint density at radius 1 is 1.67 bits per heavy atom. The normalized spacial score (nSPS) is 17.1. The Morgan fingerprint density at radius 2 is 2.39 bits per heavy atom. The third-order valence-electron chi connectivity index (χ3n) is 3.60. The van der Waals surface area contributed by atoms with Gasteiger partial charge in [-0.05, 0) is 26.2 Å². The van der Waals surface area contributed by atoms with Crippen molar-refractivity contribution in [3.8, 4) is 0 Å². The molecule has 0 aliphatic heterocycles. The highest BCUT2D eigenvalue weighted by Crippen LogP contribution is 2.35. The van der Waals surface area contributed by atoms with Crippen LogP contribution in [0.1, 0.15) is 44.8 Å². The van der Waals surface area contributed by atoms with Gasteiger partial charge in [0.2, 0.25) is 0 Å². The van der Waals surface area contributed by atoms with E-state index in [1.165, 1.54) is 12.8 Å². The molecule has 1 fully saturated rings. The van der Waals surface area contributed by atoms with Crippen molar-refractivity contribution in [1.29, 1.82) is 0 Å². The Kier molecular flexibility index (Phi) is 4.01. The van der Waals surface area contributed by atoms with Crippen LogP contribution in [0, 0.1) is 0 Å². The van der Waals surface area contributed by atoms with E-state index in [2.05, 4.69) is 23.4 Å². The summed E-state index contributed by atoms with van der Waals surface area (Å²) >= 11 is 0. The predicted octanol–water partition coefficient (Wildman–Crippen LogP) is 1.90. The third kappa shape index (κ3) is 3.10. The summed E-state index contributed by atoms with van der Waals surface area (Å²) in [6.07, 6.45) is 7.10. The summed E-state index contributed by atoms with van der Waals surface area (Å²) in [4.78, 5) is 17.1. The van der Waals surface area contributed by atoms with E-state index in [0.717, 1.165) is 12.1 Å². The predicted molar refractivity (Wildman–Crippen MR) is 68.3 cm³/mol. The quantitative estimate of drug-likeness (QED) is 0.804. The molecule has 1 saturated carbocycles. The molecule has 1 unspecified atom stereocenters. The Morgan fingerprint density at radius 3 is 2.94 bits per heavy atom. The van der Waals surface area contributed by atoms with Gasteiger partial charge in [0.1, 0.15) is 0 Å². The van der Waals surface area contributed by atoms with Gasteiger partial charge in [-0.1, -0.05) is 6.92 Å². The minimum absolute atomic E-state index is 0.0881. The molecule has 1 aromatic heterocycles. The van der Waals surface area contributed by atoms with E-state index < -0.39 is 5.97 Å². The summed E-state index contributed by atoms with van der Waals surface area (Å²) in [7, 11) is 0. The number of aliphatic carboxylic acids is 1. The van der Waals surface area contributed by atoms with E-state index in [0.29, 0.717) is 12.6 Å². The summed E-state index contributed by atoms with van der Waals surface area (Å²) in [6, 6.07) is 0.856. The van der Waals surface area contributed by atoms with Gasteiger partial charge in [0.25, 0.3) is 0 Å².